The van der Waals surface area contributed by atoms with Crippen LogP contribution in [0.5, 0.6) is 0 Å². The maximum absolute atomic E-state index is 12.1. The molecule has 1 amide bonds. The summed E-state index contributed by atoms with van der Waals surface area (Å²) in [6.45, 7) is 0. The van der Waals surface area contributed by atoms with Gasteiger partial charge in [-0.1, -0.05) is 35.3 Å². The number of amides is 1. The number of hydrogen-bond acceptors (Lipinski definition) is 3. The van der Waals surface area contributed by atoms with Crippen LogP contribution in [-0.2, 0) is 10.0 Å². The Balaban J connectivity index is 2.22. The van der Waals surface area contributed by atoms with E-state index in [4.69, 9.17) is 28.9 Å². The van der Waals surface area contributed by atoms with E-state index in [1.165, 1.54) is 24.3 Å². The lowest BCUT2D eigenvalue weighted by atomic mass is 10.2. The van der Waals surface area contributed by atoms with Crippen molar-refractivity contribution < 1.29 is 13.2 Å². The number of benzene rings is 2. The van der Waals surface area contributed by atoms with E-state index in [9.17, 15) is 13.2 Å². The van der Waals surface area contributed by atoms with Crippen molar-refractivity contribution in [2.75, 3.05) is 4.72 Å². The van der Waals surface area contributed by atoms with Crippen molar-refractivity contribution in [3.8, 4) is 0 Å². The van der Waals surface area contributed by atoms with Crippen molar-refractivity contribution in [3.63, 3.8) is 0 Å². The topological polar surface area (TPSA) is 89.3 Å². The maximum atomic E-state index is 12.1. The van der Waals surface area contributed by atoms with Gasteiger partial charge in [0.05, 0.1) is 16.1 Å². The van der Waals surface area contributed by atoms with E-state index in [-0.39, 0.29) is 16.3 Å². The van der Waals surface area contributed by atoms with Gasteiger partial charge >= 0.3 is 0 Å². The number of nitrogens with two attached hydrogens (primary N) is 1. The number of halogens is 2. The normalized spacial score (nSPS) is 11.6. The van der Waals surface area contributed by atoms with Crippen molar-refractivity contribution in [3.05, 3.63) is 69.0 Å². The average molecular weight is 371 g/mol. The average Bonchev–Trinajstić information content (AvgIpc) is 2.48. The van der Waals surface area contributed by atoms with Crippen LogP contribution in [0.3, 0.4) is 0 Å². The first-order valence-corrected chi connectivity index (χ1v) is 8.63. The van der Waals surface area contributed by atoms with Crippen molar-refractivity contribution in [1.29, 1.82) is 0 Å². The second-order valence-electron chi connectivity index (χ2n) is 4.56. The molecule has 0 bridgehead atoms. The Bertz CT molecular complexity index is 863. The summed E-state index contributed by atoms with van der Waals surface area (Å²) in [5.41, 5.74) is 6.04. The molecule has 0 saturated carbocycles. The molecule has 0 heterocycles. The van der Waals surface area contributed by atoms with Crippen molar-refractivity contribution in [2.24, 2.45) is 5.73 Å². The molecule has 5 nitrogen and oxygen atoms in total. The Hall–Kier alpha value is -2.02. The van der Waals surface area contributed by atoms with Crippen LogP contribution in [0.25, 0.3) is 6.08 Å². The fourth-order valence-corrected chi connectivity index (χ4v) is 2.91. The van der Waals surface area contributed by atoms with Crippen LogP contribution in [-0.4, -0.2) is 14.3 Å². The van der Waals surface area contributed by atoms with Gasteiger partial charge < -0.3 is 5.73 Å². The van der Waals surface area contributed by atoms with Gasteiger partial charge in [-0.15, -0.1) is 0 Å². The van der Waals surface area contributed by atoms with E-state index < -0.39 is 15.9 Å². The summed E-state index contributed by atoms with van der Waals surface area (Å²) in [5.74, 6) is -0.682. The SMILES string of the molecule is NC(=O)c1ccc(Cl)c(NS(=O)(=O)C=Cc2ccc(Cl)cc2)c1. The monoisotopic (exact) mass is 370 g/mol. The predicted octanol–water partition coefficient (Wildman–Crippen LogP) is 3.50. The van der Waals surface area contributed by atoms with Crippen LogP contribution in [0.1, 0.15) is 15.9 Å². The van der Waals surface area contributed by atoms with Gasteiger partial charge in [-0.25, -0.2) is 8.42 Å². The number of primary amides is 1. The summed E-state index contributed by atoms with van der Waals surface area (Å²) in [6.07, 6.45) is 1.41. The lowest BCUT2D eigenvalue weighted by Gasteiger charge is -2.08. The molecule has 0 atom stereocenters. The summed E-state index contributed by atoms with van der Waals surface area (Å²) < 4.78 is 26.4. The highest BCUT2D eigenvalue weighted by atomic mass is 35.5. The number of nitrogens with one attached hydrogen (secondary N) is 1. The first kappa shape index (κ1) is 17.3. The van der Waals surface area contributed by atoms with E-state index >= 15 is 0 Å². The van der Waals surface area contributed by atoms with Crippen LogP contribution >= 0.6 is 23.2 Å². The summed E-state index contributed by atoms with van der Waals surface area (Å²) in [5, 5.41) is 1.69. The fraction of sp³-hybridized carbons (Fsp3) is 0. The molecule has 0 aromatic heterocycles. The Morgan fingerprint density at radius 2 is 1.74 bits per heavy atom. The third-order valence-corrected chi connectivity index (χ3v) is 4.39. The van der Waals surface area contributed by atoms with E-state index in [1.807, 2.05) is 0 Å². The second-order valence-corrected chi connectivity index (χ2v) is 6.97. The van der Waals surface area contributed by atoms with Crippen LogP contribution < -0.4 is 10.5 Å². The molecule has 0 fully saturated rings. The van der Waals surface area contributed by atoms with E-state index in [1.54, 1.807) is 24.3 Å². The molecule has 2 aromatic carbocycles. The van der Waals surface area contributed by atoms with Gasteiger partial charge in [0.25, 0.3) is 10.0 Å². The molecule has 0 spiro atoms. The summed E-state index contributed by atoms with van der Waals surface area (Å²) in [4.78, 5) is 11.1. The highest BCUT2D eigenvalue weighted by Gasteiger charge is 2.11. The summed E-state index contributed by atoms with van der Waals surface area (Å²) in [6, 6.07) is 10.7. The Morgan fingerprint density at radius 1 is 1.09 bits per heavy atom. The number of carbonyl (C=O) groups is 1. The van der Waals surface area contributed by atoms with Gasteiger partial charge in [0.1, 0.15) is 0 Å². The minimum atomic E-state index is -3.81. The Kier molecular flexibility index (Phi) is 5.30. The molecule has 0 saturated heterocycles. The Labute approximate surface area is 143 Å². The second kappa shape index (κ2) is 7.04. The number of sulfonamides is 1. The summed E-state index contributed by atoms with van der Waals surface area (Å²) in [7, 11) is -3.81. The van der Waals surface area contributed by atoms with Gasteiger partial charge in [0.15, 0.2) is 0 Å². The van der Waals surface area contributed by atoms with E-state index in [0.717, 1.165) is 5.41 Å². The largest absolute Gasteiger partial charge is 0.366 e. The molecule has 0 aliphatic rings. The molecular weight excluding hydrogens is 359 g/mol. The zero-order valence-corrected chi connectivity index (χ0v) is 14.0. The smallest absolute Gasteiger partial charge is 0.255 e. The maximum Gasteiger partial charge on any atom is 0.255 e. The lowest BCUT2D eigenvalue weighted by molar-refractivity contribution is 0.100. The molecule has 0 aliphatic carbocycles. The first-order chi connectivity index (χ1) is 10.8. The molecule has 2 rings (SSSR count). The fourth-order valence-electron chi connectivity index (χ4n) is 1.69. The third-order valence-electron chi connectivity index (χ3n) is 2.81. The highest BCUT2D eigenvalue weighted by molar-refractivity contribution is 7.95. The molecule has 0 unspecified atom stereocenters. The van der Waals surface area contributed by atoms with Gasteiger partial charge in [-0.3, -0.25) is 9.52 Å². The lowest BCUT2D eigenvalue weighted by Crippen LogP contribution is -2.13. The van der Waals surface area contributed by atoms with Crippen LogP contribution in [0.15, 0.2) is 47.9 Å². The number of carbonyl (C=O) groups excluding carboxylic acids is 1. The third kappa shape index (κ3) is 4.99. The van der Waals surface area contributed by atoms with Crippen LogP contribution in [0.2, 0.25) is 10.0 Å². The minimum Gasteiger partial charge on any atom is -0.366 e. The van der Waals surface area contributed by atoms with E-state index in [2.05, 4.69) is 4.72 Å². The summed E-state index contributed by atoms with van der Waals surface area (Å²) >= 11 is 11.7. The van der Waals surface area contributed by atoms with Gasteiger partial charge in [0.2, 0.25) is 5.91 Å². The van der Waals surface area contributed by atoms with Crippen molar-refractivity contribution in [2.45, 2.75) is 0 Å². The zero-order chi connectivity index (χ0) is 17.0. The van der Waals surface area contributed by atoms with Crippen molar-refractivity contribution >= 4 is 50.9 Å². The molecule has 120 valence electrons. The number of anilines is 1. The minimum absolute atomic E-state index is 0.0729. The number of rotatable bonds is 5. The molecule has 8 heteroatoms. The molecule has 0 radical (unpaired) electrons. The van der Waals surface area contributed by atoms with Crippen molar-refractivity contribution in [1.82, 2.24) is 0 Å². The molecule has 2 aromatic rings. The van der Waals surface area contributed by atoms with Gasteiger partial charge in [-0.05, 0) is 42.0 Å². The molecule has 3 N–H and O–H groups in total. The van der Waals surface area contributed by atoms with Crippen LogP contribution in [0.4, 0.5) is 5.69 Å². The van der Waals surface area contributed by atoms with Gasteiger partial charge in [-0.2, -0.15) is 0 Å². The quantitative estimate of drug-likeness (QED) is 0.843. The molecule has 23 heavy (non-hydrogen) atoms. The zero-order valence-electron chi connectivity index (χ0n) is 11.7. The first-order valence-electron chi connectivity index (χ1n) is 6.33. The molecule has 0 aliphatic heterocycles. The standard InChI is InChI=1S/C15H12Cl2N2O3S/c16-12-4-1-10(2-5-12)7-8-23(21,22)19-14-9-11(15(18)20)3-6-13(14)17/h1-9,19H,(H2,18,20). The molecular formula is C15H12Cl2N2O3S. The van der Waals surface area contributed by atoms with Crippen LogP contribution in [0, 0.1) is 0 Å². The predicted molar refractivity (Wildman–Crippen MR) is 93.0 cm³/mol. The van der Waals surface area contributed by atoms with E-state index in [0.29, 0.717) is 10.6 Å². The number of hydrogen-bond donors (Lipinski definition) is 2. The Morgan fingerprint density at radius 3 is 2.35 bits per heavy atom. The van der Waals surface area contributed by atoms with Gasteiger partial charge in [0, 0.05) is 10.6 Å². The highest BCUT2D eigenvalue weighted by Crippen LogP contribution is 2.24.